The Bertz CT molecular complexity index is 642. The number of halogens is 1. The van der Waals surface area contributed by atoms with E-state index in [1.807, 2.05) is 5.38 Å². The lowest BCUT2D eigenvalue weighted by atomic mass is 10.1. The first-order chi connectivity index (χ1) is 10.2. The van der Waals surface area contributed by atoms with Gasteiger partial charge in [0.05, 0.1) is 25.8 Å². The van der Waals surface area contributed by atoms with Crippen molar-refractivity contribution in [3.05, 3.63) is 40.4 Å². The molecule has 0 unspecified atom stereocenters. The van der Waals surface area contributed by atoms with Gasteiger partial charge in [0.1, 0.15) is 11.9 Å². The monoisotopic (exact) mass is 324 g/mol. The summed E-state index contributed by atoms with van der Waals surface area (Å²) in [5.74, 6) is 0.419. The van der Waals surface area contributed by atoms with Crippen LogP contribution in [0.3, 0.4) is 0 Å². The number of carbonyl (C=O) groups is 1. The van der Waals surface area contributed by atoms with Crippen molar-refractivity contribution in [2.75, 3.05) is 20.2 Å². The molecule has 3 rings (SSSR count). The van der Waals surface area contributed by atoms with E-state index in [9.17, 15) is 4.79 Å². The summed E-state index contributed by atoms with van der Waals surface area (Å²) in [6, 6.07) is 5.01. The molecule has 7 heteroatoms. The zero-order valence-corrected chi connectivity index (χ0v) is 12.9. The topological polar surface area (TPSA) is 51.7 Å². The minimum absolute atomic E-state index is 0.00900. The van der Waals surface area contributed by atoms with Gasteiger partial charge in [-0.25, -0.2) is 4.98 Å². The molecule has 0 radical (unpaired) electrons. The van der Waals surface area contributed by atoms with Crippen LogP contribution in [-0.2, 0) is 0 Å². The molecule has 1 aliphatic heterocycles. The van der Waals surface area contributed by atoms with Crippen molar-refractivity contribution in [2.24, 2.45) is 0 Å². The van der Waals surface area contributed by atoms with Crippen LogP contribution in [0.1, 0.15) is 10.4 Å². The summed E-state index contributed by atoms with van der Waals surface area (Å²) in [4.78, 5) is 18.2. The minimum atomic E-state index is -0.103. The minimum Gasteiger partial charge on any atom is -0.496 e. The first-order valence-corrected chi connectivity index (χ1v) is 7.62. The molecule has 5 nitrogen and oxygen atoms in total. The van der Waals surface area contributed by atoms with Crippen molar-refractivity contribution in [1.82, 2.24) is 9.88 Å². The zero-order valence-electron chi connectivity index (χ0n) is 11.3. The highest BCUT2D eigenvalue weighted by atomic mass is 35.5. The predicted molar refractivity (Wildman–Crippen MR) is 80.4 cm³/mol. The third-order valence-electron chi connectivity index (χ3n) is 3.20. The fourth-order valence-corrected chi connectivity index (χ4v) is 2.83. The van der Waals surface area contributed by atoms with Gasteiger partial charge in [0, 0.05) is 16.6 Å². The van der Waals surface area contributed by atoms with Crippen molar-refractivity contribution in [1.29, 1.82) is 0 Å². The second-order valence-corrected chi connectivity index (χ2v) is 5.89. The second-order valence-electron chi connectivity index (χ2n) is 4.59. The first-order valence-electron chi connectivity index (χ1n) is 6.36. The number of aromatic nitrogens is 1. The zero-order chi connectivity index (χ0) is 14.8. The molecule has 2 aromatic rings. The van der Waals surface area contributed by atoms with Gasteiger partial charge in [0.15, 0.2) is 0 Å². The molecule has 0 aliphatic carbocycles. The molecule has 0 atom stereocenters. The predicted octanol–water partition coefficient (Wildman–Crippen LogP) is 2.71. The molecule has 1 saturated heterocycles. The molecular weight excluding hydrogens is 312 g/mol. The highest BCUT2D eigenvalue weighted by Gasteiger charge is 2.34. The summed E-state index contributed by atoms with van der Waals surface area (Å²) < 4.78 is 10.8. The lowest BCUT2D eigenvalue weighted by Crippen LogP contribution is -2.56. The number of amides is 1. The van der Waals surface area contributed by atoms with Crippen LogP contribution in [0.15, 0.2) is 29.8 Å². The molecule has 1 aromatic heterocycles. The molecule has 2 heterocycles. The largest absolute Gasteiger partial charge is 0.496 e. The number of likely N-dealkylation sites (tertiary alicyclic amines) is 1. The Balaban J connectivity index is 1.64. The molecule has 1 aromatic carbocycles. The third kappa shape index (κ3) is 2.96. The van der Waals surface area contributed by atoms with E-state index in [2.05, 4.69) is 4.98 Å². The smallest absolute Gasteiger partial charge is 0.273 e. The van der Waals surface area contributed by atoms with Gasteiger partial charge >= 0.3 is 0 Å². The first kappa shape index (κ1) is 14.2. The van der Waals surface area contributed by atoms with Gasteiger partial charge in [0.2, 0.25) is 0 Å². The van der Waals surface area contributed by atoms with E-state index in [4.69, 9.17) is 21.1 Å². The average Bonchev–Trinajstić information content (AvgIpc) is 2.94. The standard InChI is InChI=1S/C14H13ClN2O3S/c1-19-12-3-2-9(15)6-11(12)13(18)17-7-10(8-17)20-14-16-4-5-21-14/h2-6,10H,7-8H2,1H3. The summed E-state index contributed by atoms with van der Waals surface area (Å²) in [5.41, 5.74) is 0.470. The van der Waals surface area contributed by atoms with Crippen LogP contribution in [0.25, 0.3) is 0 Å². The van der Waals surface area contributed by atoms with E-state index in [0.717, 1.165) is 0 Å². The van der Waals surface area contributed by atoms with Gasteiger partial charge in [-0.05, 0) is 18.2 Å². The number of rotatable bonds is 4. The molecular formula is C14H13ClN2O3S. The van der Waals surface area contributed by atoms with Gasteiger partial charge in [0.25, 0.3) is 11.1 Å². The van der Waals surface area contributed by atoms with E-state index >= 15 is 0 Å². The molecule has 1 aliphatic rings. The van der Waals surface area contributed by atoms with Gasteiger partial charge in [-0.15, -0.1) is 0 Å². The number of thiazole rings is 1. The Morgan fingerprint density at radius 2 is 2.29 bits per heavy atom. The number of hydrogen-bond acceptors (Lipinski definition) is 5. The Kier molecular flexibility index (Phi) is 3.98. The summed E-state index contributed by atoms with van der Waals surface area (Å²) in [6.45, 7) is 1.07. The van der Waals surface area contributed by atoms with Crippen molar-refractivity contribution in [2.45, 2.75) is 6.10 Å². The number of carbonyl (C=O) groups excluding carboxylic acids is 1. The van der Waals surface area contributed by atoms with E-state index in [-0.39, 0.29) is 12.0 Å². The Labute approximate surface area is 131 Å². The third-order valence-corrected chi connectivity index (χ3v) is 4.10. The van der Waals surface area contributed by atoms with Crippen molar-refractivity contribution in [3.8, 4) is 10.9 Å². The number of benzene rings is 1. The SMILES string of the molecule is COc1ccc(Cl)cc1C(=O)N1CC(Oc2nccs2)C1. The highest BCUT2D eigenvalue weighted by Crippen LogP contribution is 2.27. The fraction of sp³-hybridized carbons (Fsp3) is 0.286. The van der Waals surface area contributed by atoms with Crippen LogP contribution in [0.2, 0.25) is 5.02 Å². The van der Waals surface area contributed by atoms with Gasteiger partial charge in [-0.1, -0.05) is 22.9 Å². The van der Waals surface area contributed by atoms with Crippen molar-refractivity contribution >= 4 is 28.8 Å². The Morgan fingerprint density at radius 1 is 1.48 bits per heavy atom. The summed E-state index contributed by atoms with van der Waals surface area (Å²) in [7, 11) is 1.53. The van der Waals surface area contributed by atoms with E-state index < -0.39 is 0 Å². The molecule has 110 valence electrons. The van der Waals surface area contributed by atoms with Gasteiger partial charge in [-0.3, -0.25) is 4.79 Å². The van der Waals surface area contributed by atoms with E-state index in [0.29, 0.717) is 34.6 Å². The molecule has 0 spiro atoms. The highest BCUT2D eigenvalue weighted by molar-refractivity contribution is 7.11. The average molecular weight is 325 g/mol. The quantitative estimate of drug-likeness (QED) is 0.867. The molecule has 0 N–H and O–H groups in total. The second kappa shape index (κ2) is 5.91. The summed E-state index contributed by atoms with van der Waals surface area (Å²) in [5, 5.41) is 3.00. The van der Waals surface area contributed by atoms with Gasteiger partial charge in [-0.2, -0.15) is 0 Å². The van der Waals surface area contributed by atoms with Crippen LogP contribution < -0.4 is 9.47 Å². The van der Waals surface area contributed by atoms with Crippen LogP contribution in [0, 0.1) is 0 Å². The Morgan fingerprint density at radius 3 is 2.95 bits per heavy atom. The number of ether oxygens (including phenoxy) is 2. The van der Waals surface area contributed by atoms with Crippen LogP contribution in [0.4, 0.5) is 0 Å². The van der Waals surface area contributed by atoms with Gasteiger partial charge < -0.3 is 14.4 Å². The maximum Gasteiger partial charge on any atom is 0.273 e. The summed E-state index contributed by atoms with van der Waals surface area (Å²) in [6.07, 6.45) is 1.68. The molecule has 21 heavy (non-hydrogen) atoms. The maximum atomic E-state index is 12.4. The van der Waals surface area contributed by atoms with E-state index in [1.165, 1.54) is 18.4 Å². The lowest BCUT2D eigenvalue weighted by Gasteiger charge is -2.38. The van der Waals surface area contributed by atoms with Crippen LogP contribution >= 0.6 is 22.9 Å². The normalized spacial score (nSPS) is 14.7. The molecule has 1 amide bonds. The Hall–Kier alpha value is -1.79. The van der Waals surface area contributed by atoms with Crippen LogP contribution in [0.5, 0.6) is 10.9 Å². The van der Waals surface area contributed by atoms with Crippen LogP contribution in [-0.4, -0.2) is 42.1 Å². The number of hydrogen-bond donors (Lipinski definition) is 0. The van der Waals surface area contributed by atoms with E-state index in [1.54, 1.807) is 29.3 Å². The van der Waals surface area contributed by atoms with Crippen molar-refractivity contribution < 1.29 is 14.3 Å². The maximum absolute atomic E-state index is 12.4. The lowest BCUT2D eigenvalue weighted by molar-refractivity contribution is 0.0175. The summed E-state index contributed by atoms with van der Waals surface area (Å²) >= 11 is 7.39. The molecule has 1 fully saturated rings. The molecule has 0 bridgehead atoms. The molecule has 0 saturated carbocycles. The van der Waals surface area contributed by atoms with Crippen molar-refractivity contribution in [3.63, 3.8) is 0 Å². The number of nitrogens with zero attached hydrogens (tertiary/aromatic N) is 2. The fourth-order valence-electron chi connectivity index (χ4n) is 2.11. The number of methoxy groups -OCH3 is 1.